The number of thioether (sulfide) groups is 1. The van der Waals surface area contributed by atoms with Crippen molar-refractivity contribution < 1.29 is 4.52 Å². The smallest absolute Gasteiger partial charge is 0.262 e. The molecule has 2 aromatic carbocycles. The zero-order valence-electron chi connectivity index (χ0n) is 15.8. The molecule has 0 fully saturated rings. The topological polar surface area (TPSA) is 60.9 Å². The van der Waals surface area contributed by atoms with E-state index in [2.05, 4.69) is 11.2 Å². The maximum Gasteiger partial charge on any atom is 0.262 e. The van der Waals surface area contributed by atoms with Gasteiger partial charge in [-0.15, -0.1) is 0 Å². The highest BCUT2D eigenvalue weighted by Gasteiger charge is 2.20. The number of hydrogen-bond donors (Lipinski definition) is 0. The van der Waals surface area contributed by atoms with Gasteiger partial charge in [0.2, 0.25) is 0 Å². The average molecular weight is 391 g/mol. The van der Waals surface area contributed by atoms with Gasteiger partial charge in [-0.05, 0) is 49.1 Å². The second-order valence-electron chi connectivity index (χ2n) is 7.19. The van der Waals surface area contributed by atoms with E-state index in [9.17, 15) is 4.79 Å². The number of rotatable bonds is 4. The molecule has 2 heterocycles. The summed E-state index contributed by atoms with van der Waals surface area (Å²) in [6.45, 7) is 2.58. The molecule has 1 aliphatic carbocycles. The van der Waals surface area contributed by atoms with Crippen LogP contribution in [0.15, 0.2) is 50.9 Å². The lowest BCUT2D eigenvalue weighted by Crippen LogP contribution is -2.22. The fraction of sp³-hybridized carbons (Fsp3) is 0.318. The van der Waals surface area contributed by atoms with Gasteiger partial charge in [0, 0.05) is 24.3 Å². The van der Waals surface area contributed by atoms with E-state index in [1.54, 1.807) is 16.3 Å². The van der Waals surface area contributed by atoms with E-state index < -0.39 is 0 Å². The number of benzene rings is 2. The lowest BCUT2D eigenvalue weighted by Gasteiger charge is -2.12. The molecule has 0 aliphatic heterocycles. The van der Waals surface area contributed by atoms with E-state index in [1.807, 2.05) is 37.3 Å². The number of aromatic nitrogens is 3. The predicted octanol–water partition coefficient (Wildman–Crippen LogP) is 4.73. The van der Waals surface area contributed by atoms with Gasteiger partial charge >= 0.3 is 0 Å². The molecule has 0 radical (unpaired) electrons. The van der Waals surface area contributed by atoms with Gasteiger partial charge in [-0.25, -0.2) is 4.98 Å². The Morgan fingerprint density at radius 1 is 1.14 bits per heavy atom. The van der Waals surface area contributed by atoms with Crippen LogP contribution in [0.4, 0.5) is 0 Å². The quantitative estimate of drug-likeness (QED) is 0.286. The number of fused-ring (bicyclic) bond motifs is 3. The van der Waals surface area contributed by atoms with Gasteiger partial charge in [0.1, 0.15) is 5.76 Å². The van der Waals surface area contributed by atoms with Crippen LogP contribution in [-0.4, -0.2) is 14.7 Å². The van der Waals surface area contributed by atoms with Crippen molar-refractivity contribution in [3.63, 3.8) is 0 Å². The number of aryl methyl sites for hydroxylation is 1. The van der Waals surface area contributed by atoms with E-state index in [0.29, 0.717) is 17.7 Å². The Morgan fingerprint density at radius 3 is 2.75 bits per heavy atom. The first-order chi connectivity index (χ1) is 13.7. The molecule has 5 nitrogen and oxygen atoms in total. The van der Waals surface area contributed by atoms with Crippen LogP contribution in [0.25, 0.3) is 21.7 Å². The minimum absolute atomic E-state index is 0.0166. The monoisotopic (exact) mass is 391 g/mol. The number of hydrogen-bond acceptors (Lipinski definition) is 5. The van der Waals surface area contributed by atoms with Gasteiger partial charge < -0.3 is 4.52 Å². The molecule has 6 heteroatoms. The molecule has 142 valence electrons. The molecule has 2 aromatic heterocycles. The van der Waals surface area contributed by atoms with Crippen LogP contribution in [0.3, 0.4) is 0 Å². The molecule has 0 bridgehead atoms. The molecule has 0 saturated heterocycles. The highest BCUT2D eigenvalue weighted by Crippen LogP contribution is 2.29. The molecular formula is C22H21N3O2S. The Bertz CT molecular complexity index is 1240. The summed E-state index contributed by atoms with van der Waals surface area (Å²) in [4.78, 5) is 17.9. The van der Waals surface area contributed by atoms with Crippen LogP contribution in [0, 0.1) is 0 Å². The number of nitrogens with zero attached hydrogens (tertiary/aromatic N) is 3. The molecular weight excluding hydrogens is 370 g/mol. The summed E-state index contributed by atoms with van der Waals surface area (Å²) in [5.41, 5.74) is 3.02. The van der Waals surface area contributed by atoms with E-state index in [1.165, 1.54) is 18.4 Å². The lowest BCUT2D eigenvalue weighted by atomic mass is 9.97. The van der Waals surface area contributed by atoms with Gasteiger partial charge in [-0.2, -0.15) is 0 Å². The predicted molar refractivity (Wildman–Crippen MR) is 112 cm³/mol. The molecule has 0 unspecified atom stereocenters. The summed E-state index contributed by atoms with van der Waals surface area (Å²) in [7, 11) is 0. The molecule has 0 spiro atoms. The van der Waals surface area contributed by atoms with Crippen LogP contribution in [-0.2, 0) is 25.1 Å². The van der Waals surface area contributed by atoms with Crippen LogP contribution < -0.4 is 5.56 Å². The van der Waals surface area contributed by atoms with Gasteiger partial charge in [0.05, 0.1) is 16.6 Å². The summed E-state index contributed by atoms with van der Waals surface area (Å²) in [5.74, 6) is 1.71. The largest absolute Gasteiger partial charge is 0.361 e. The highest BCUT2D eigenvalue weighted by molar-refractivity contribution is 7.98. The minimum Gasteiger partial charge on any atom is -0.361 e. The third kappa shape index (κ3) is 2.92. The van der Waals surface area contributed by atoms with Crippen molar-refractivity contribution in [3.8, 4) is 0 Å². The van der Waals surface area contributed by atoms with E-state index in [0.717, 1.165) is 45.7 Å². The Morgan fingerprint density at radius 2 is 1.93 bits per heavy atom. The van der Waals surface area contributed by atoms with Crippen LogP contribution in [0.5, 0.6) is 0 Å². The maximum absolute atomic E-state index is 13.1. The van der Waals surface area contributed by atoms with Crippen molar-refractivity contribution in [2.24, 2.45) is 0 Å². The molecule has 0 saturated carbocycles. The summed E-state index contributed by atoms with van der Waals surface area (Å²) in [6.07, 6.45) is 4.37. The van der Waals surface area contributed by atoms with Crippen molar-refractivity contribution >= 4 is 33.4 Å². The van der Waals surface area contributed by atoms with E-state index in [-0.39, 0.29) is 5.56 Å². The van der Waals surface area contributed by atoms with Crippen molar-refractivity contribution in [3.05, 3.63) is 63.8 Å². The summed E-state index contributed by atoms with van der Waals surface area (Å²) in [5, 5.41) is 7.85. The first kappa shape index (κ1) is 17.5. The molecule has 4 aromatic rings. The normalized spacial score (nSPS) is 13.9. The lowest BCUT2D eigenvalue weighted by molar-refractivity contribution is 0.369. The Labute approximate surface area is 166 Å². The van der Waals surface area contributed by atoms with Crippen LogP contribution >= 0.6 is 11.8 Å². The molecule has 28 heavy (non-hydrogen) atoms. The summed E-state index contributed by atoms with van der Waals surface area (Å²) < 4.78 is 7.28. The third-order valence-corrected chi connectivity index (χ3v) is 6.46. The highest BCUT2D eigenvalue weighted by atomic mass is 32.2. The first-order valence-corrected chi connectivity index (χ1v) is 10.8. The van der Waals surface area contributed by atoms with Crippen LogP contribution in [0.2, 0.25) is 0 Å². The zero-order chi connectivity index (χ0) is 19.1. The summed E-state index contributed by atoms with van der Waals surface area (Å²) >= 11 is 1.57. The Balaban J connectivity index is 1.55. The van der Waals surface area contributed by atoms with Crippen molar-refractivity contribution in [2.75, 3.05) is 0 Å². The van der Waals surface area contributed by atoms with E-state index >= 15 is 0 Å². The second-order valence-corrected chi connectivity index (χ2v) is 8.13. The average Bonchev–Trinajstić information content (AvgIpc) is 3.14. The second kappa shape index (κ2) is 7.09. The van der Waals surface area contributed by atoms with Crippen molar-refractivity contribution in [1.29, 1.82) is 0 Å². The molecule has 0 atom stereocenters. The van der Waals surface area contributed by atoms with Gasteiger partial charge in [-0.1, -0.05) is 41.2 Å². The fourth-order valence-corrected chi connectivity index (χ4v) is 5.00. The fourth-order valence-electron chi connectivity index (χ4n) is 3.97. The molecule has 0 N–H and O–H groups in total. The standard InChI is InChI=1S/C22H21N3O2S/c1-2-25-21(26)17-11-14-7-3-4-8-15(14)12-18(17)23-22(25)28-13-19-16-9-5-6-10-20(16)27-24-19/h3-4,7-8,11-12H,2,5-6,9-10,13H2,1H3. The van der Waals surface area contributed by atoms with Crippen molar-refractivity contribution in [1.82, 2.24) is 14.7 Å². The minimum atomic E-state index is 0.0166. The molecule has 1 aliphatic rings. The Kier molecular flexibility index (Phi) is 4.43. The SMILES string of the molecule is CCn1c(SCc2noc3c2CCCC3)nc2cc3ccccc3cc2c1=O. The van der Waals surface area contributed by atoms with Crippen LogP contribution in [0.1, 0.15) is 36.8 Å². The van der Waals surface area contributed by atoms with Crippen molar-refractivity contribution in [2.45, 2.75) is 50.1 Å². The van der Waals surface area contributed by atoms with Gasteiger partial charge in [-0.3, -0.25) is 9.36 Å². The molecule has 5 rings (SSSR count). The van der Waals surface area contributed by atoms with E-state index in [4.69, 9.17) is 9.51 Å². The third-order valence-electron chi connectivity index (χ3n) is 5.47. The summed E-state index contributed by atoms with van der Waals surface area (Å²) in [6, 6.07) is 12.0. The zero-order valence-corrected chi connectivity index (χ0v) is 16.6. The molecule has 0 amide bonds. The van der Waals surface area contributed by atoms with Gasteiger partial charge in [0.15, 0.2) is 5.16 Å². The Hall–Kier alpha value is -2.60. The van der Waals surface area contributed by atoms with Gasteiger partial charge in [0.25, 0.3) is 5.56 Å². The maximum atomic E-state index is 13.1. The first-order valence-electron chi connectivity index (χ1n) is 9.77.